The summed E-state index contributed by atoms with van der Waals surface area (Å²) in [4.78, 5) is 12.3. The Kier molecular flexibility index (Phi) is 3.77. The van der Waals surface area contributed by atoms with Crippen LogP contribution in [0.3, 0.4) is 0 Å². The highest BCUT2D eigenvalue weighted by Gasteiger charge is 2.45. The molecule has 2 aromatic rings. The average molecular weight is 304 g/mol. The fourth-order valence-electron chi connectivity index (χ4n) is 2.68. The number of benzene rings is 1. The number of halogens is 1. The van der Waals surface area contributed by atoms with E-state index in [1.165, 1.54) is 0 Å². The molecule has 1 aromatic carbocycles. The summed E-state index contributed by atoms with van der Waals surface area (Å²) in [5.41, 5.74) is 1.07. The van der Waals surface area contributed by atoms with Crippen molar-refractivity contribution < 1.29 is 9.21 Å². The Bertz CT molecular complexity index is 664. The van der Waals surface area contributed by atoms with Gasteiger partial charge in [0.2, 0.25) is 5.91 Å². The highest BCUT2D eigenvalue weighted by Crippen LogP contribution is 2.49. The van der Waals surface area contributed by atoms with Gasteiger partial charge in [-0.3, -0.25) is 4.79 Å². The first-order valence-electron chi connectivity index (χ1n) is 7.17. The van der Waals surface area contributed by atoms with Crippen LogP contribution in [0.1, 0.15) is 42.4 Å². The maximum atomic E-state index is 12.3. The number of carbonyl (C=O) groups is 1. The minimum Gasteiger partial charge on any atom is -0.464 e. The van der Waals surface area contributed by atoms with Crippen LogP contribution in [0.5, 0.6) is 0 Å². The summed E-state index contributed by atoms with van der Waals surface area (Å²) >= 11 is 6.19. The second-order valence-corrected chi connectivity index (χ2v) is 6.06. The molecule has 0 radical (unpaired) electrons. The largest absolute Gasteiger partial charge is 0.464 e. The van der Waals surface area contributed by atoms with Crippen molar-refractivity contribution in [3.8, 4) is 0 Å². The highest BCUT2D eigenvalue weighted by molar-refractivity contribution is 6.31. The van der Waals surface area contributed by atoms with E-state index in [1.807, 2.05) is 50.2 Å². The van der Waals surface area contributed by atoms with Crippen molar-refractivity contribution in [1.29, 1.82) is 0 Å². The number of amides is 1. The first kappa shape index (κ1) is 14.2. The Hall–Kier alpha value is -1.74. The van der Waals surface area contributed by atoms with Gasteiger partial charge in [0.15, 0.2) is 0 Å². The molecule has 1 N–H and O–H groups in total. The lowest BCUT2D eigenvalue weighted by Gasteiger charge is -2.11. The molecule has 0 aliphatic heterocycles. The molecule has 1 amide bonds. The molecule has 3 rings (SSSR count). The van der Waals surface area contributed by atoms with Crippen LogP contribution in [0, 0.1) is 12.8 Å². The van der Waals surface area contributed by atoms with E-state index in [0.717, 1.165) is 28.5 Å². The number of rotatable bonds is 4. The van der Waals surface area contributed by atoms with Gasteiger partial charge in [-0.25, -0.2) is 0 Å². The molecule has 1 heterocycles. The summed E-state index contributed by atoms with van der Waals surface area (Å²) in [6.45, 7) is 3.83. The molecule has 1 aliphatic rings. The predicted molar refractivity (Wildman–Crippen MR) is 82.3 cm³/mol. The van der Waals surface area contributed by atoms with E-state index < -0.39 is 0 Å². The Morgan fingerprint density at radius 2 is 2.10 bits per heavy atom. The molecule has 1 aromatic heterocycles. The van der Waals surface area contributed by atoms with Crippen LogP contribution in [0.15, 0.2) is 40.8 Å². The summed E-state index contributed by atoms with van der Waals surface area (Å²) < 4.78 is 5.54. The average Bonchev–Trinajstić information content (AvgIpc) is 3.13. The van der Waals surface area contributed by atoms with Gasteiger partial charge in [-0.15, -0.1) is 0 Å². The molecule has 0 spiro atoms. The molecule has 1 aliphatic carbocycles. The molecule has 3 atom stereocenters. The van der Waals surface area contributed by atoms with Crippen LogP contribution in [-0.4, -0.2) is 5.91 Å². The maximum Gasteiger partial charge on any atom is 0.224 e. The first-order chi connectivity index (χ1) is 10.1. The molecule has 0 saturated heterocycles. The van der Waals surface area contributed by atoms with Gasteiger partial charge in [0, 0.05) is 10.9 Å². The van der Waals surface area contributed by atoms with Crippen LogP contribution in [-0.2, 0) is 4.79 Å². The quantitative estimate of drug-likeness (QED) is 0.918. The van der Waals surface area contributed by atoms with Crippen LogP contribution < -0.4 is 5.32 Å². The first-order valence-corrected chi connectivity index (χ1v) is 7.55. The van der Waals surface area contributed by atoms with Gasteiger partial charge in [0.05, 0.1) is 6.04 Å². The fourth-order valence-corrected chi connectivity index (χ4v) is 2.96. The van der Waals surface area contributed by atoms with E-state index in [4.69, 9.17) is 16.0 Å². The molecule has 1 saturated carbocycles. The second kappa shape index (κ2) is 5.57. The number of nitrogens with one attached hydrogen (secondary N) is 1. The third-order valence-electron chi connectivity index (χ3n) is 3.98. The van der Waals surface area contributed by atoms with Crippen LogP contribution >= 0.6 is 11.6 Å². The zero-order valence-corrected chi connectivity index (χ0v) is 12.9. The molecule has 21 heavy (non-hydrogen) atoms. The van der Waals surface area contributed by atoms with Crippen molar-refractivity contribution in [3.05, 3.63) is 58.5 Å². The molecule has 110 valence electrons. The lowest BCUT2D eigenvalue weighted by atomic mass is 10.1. The third kappa shape index (κ3) is 2.98. The Labute approximate surface area is 129 Å². The van der Waals surface area contributed by atoms with Crippen molar-refractivity contribution in [2.24, 2.45) is 5.92 Å². The second-order valence-electron chi connectivity index (χ2n) is 5.65. The molecule has 4 heteroatoms. The number of aryl methyl sites for hydroxylation is 1. The third-order valence-corrected chi connectivity index (χ3v) is 4.32. The smallest absolute Gasteiger partial charge is 0.224 e. The van der Waals surface area contributed by atoms with Crippen LogP contribution in [0.2, 0.25) is 5.02 Å². The lowest BCUT2D eigenvalue weighted by Crippen LogP contribution is -2.28. The van der Waals surface area contributed by atoms with Gasteiger partial charge in [-0.1, -0.05) is 29.8 Å². The van der Waals surface area contributed by atoms with Crippen LogP contribution in [0.4, 0.5) is 0 Å². The van der Waals surface area contributed by atoms with Gasteiger partial charge < -0.3 is 9.73 Å². The predicted octanol–water partition coefficient (Wildman–Crippen LogP) is 4.22. The molecule has 1 fully saturated rings. The van der Waals surface area contributed by atoms with E-state index in [1.54, 1.807) is 0 Å². The zero-order valence-electron chi connectivity index (χ0n) is 12.1. The SMILES string of the molecule is Cc1ccc(C(C)NC(=O)C2CC2c2ccccc2Cl)o1. The lowest BCUT2D eigenvalue weighted by molar-refractivity contribution is -0.123. The van der Waals surface area contributed by atoms with E-state index in [2.05, 4.69) is 5.32 Å². The standard InChI is InChI=1S/C17H18ClNO2/c1-10-7-8-16(21-10)11(2)19-17(20)14-9-13(14)12-5-3-4-6-15(12)18/h3-8,11,13-14H,9H2,1-2H3,(H,19,20). The maximum absolute atomic E-state index is 12.3. The van der Waals surface area contributed by atoms with E-state index in [0.29, 0.717) is 0 Å². The van der Waals surface area contributed by atoms with Crippen molar-refractivity contribution in [2.45, 2.75) is 32.2 Å². The minimum absolute atomic E-state index is 0.0170. The highest BCUT2D eigenvalue weighted by atomic mass is 35.5. The summed E-state index contributed by atoms with van der Waals surface area (Å²) in [6, 6.07) is 11.4. The van der Waals surface area contributed by atoms with Gasteiger partial charge in [-0.2, -0.15) is 0 Å². The summed E-state index contributed by atoms with van der Waals surface area (Å²) in [5, 5.41) is 3.76. The number of hydrogen-bond donors (Lipinski definition) is 1. The molecule has 3 unspecified atom stereocenters. The summed E-state index contributed by atoms with van der Waals surface area (Å²) in [7, 11) is 0. The van der Waals surface area contributed by atoms with E-state index in [-0.39, 0.29) is 23.8 Å². The summed E-state index contributed by atoms with van der Waals surface area (Å²) in [6.07, 6.45) is 0.861. The van der Waals surface area contributed by atoms with Crippen molar-refractivity contribution in [1.82, 2.24) is 5.32 Å². The van der Waals surface area contributed by atoms with E-state index >= 15 is 0 Å². The Morgan fingerprint density at radius 1 is 1.33 bits per heavy atom. The fraction of sp³-hybridized carbons (Fsp3) is 0.353. The normalized spacial score (nSPS) is 21.9. The topological polar surface area (TPSA) is 42.2 Å². The van der Waals surface area contributed by atoms with Gasteiger partial charge in [-0.05, 0) is 49.9 Å². The van der Waals surface area contributed by atoms with Gasteiger partial charge >= 0.3 is 0 Å². The van der Waals surface area contributed by atoms with Crippen molar-refractivity contribution in [3.63, 3.8) is 0 Å². The van der Waals surface area contributed by atoms with Gasteiger partial charge in [0.1, 0.15) is 11.5 Å². The Morgan fingerprint density at radius 3 is 2.76 bits per heavy atom. The monoisotopic (exact) mass is 303 g/mol. The molecule has 0 bridgehead atoms. The summed E-state index contributed by atoms with van der Waals surface area (Å²) in [5.74, 6) is 1.97. The minimum atomic E-state index is -0.112. The molecular weight excluding hydrogens is 286 g/mol. The van der Waals surface area contributed by atoms with Gasteiger partial charge in [0.25, 0.3) is 0 Å². The molecular formula is C17H18ClNO2. The molecule has 3 nitrogen and oxygen atoms in total. The number of carbonyl (C=O) groups excluding carboxylic acids is 1. The number of hydrogen-bond acceptors (Lipinski definition) is 2. The Balaban J connectivity index is 1.62. The van der Waals surface area contributed by atoms with Crippen molar-refractivity contribution >= 4 is 17.5 Å². The number of furan rings is 1. The zero-order chi connectivity index (χ0) is 15.0. The van der Waals surface area contributed by atoms with Crippen LogP contribution in [0.25, 0.3) is 0 Å². The van der Waals surface area contributed by atoms with Crippen molar-refractivity contribution in [2.75, 3.05) is 0 Å². The van der Waals surface area contributed by atoms with E-state index in [9.17, 15) is 4.79 Å².